The fourth-order valence-corrected chi connectivity index (χ4v) is 8.41. The molecule has 9 rings (SSSR count). The Labute approximate surface area is 314 Å². The van der Waals surface area contributed by atoms with Crippen molar-refractivity contribution in [2.45, 2.75) is 45.1 Å². The van der Waals surface area contributed by atoms with Gasteiger partial charge in [-0.3, -0.25) is 4.99 Å². The van der Waals surface area contributed by atoms with Gasteiger partial charge in [0.1, 0.15) is 5.82 Å². The Hall–Kier alpha value is -6.45. The van der Waals surface area contributed by atoms with Crippen molar-refractivity contribution >= 4 is 60.7 Å². The summed E-state index contributed by atoms with van der Waals surface area (Å²) >= 11 is 0. The highest BCUT2D eigenvalue weighted by Crippen LogP contribution is 2.44. The molecule has 0 aliphatic heterocycles. The molecule has 54 heavy (non-hydrogen) atoms. The molecular formula is C48H40FN5. The Balaban J connectivity index is 1.14. The van der Waals surface area contributed by atoms with Crippen LogP contribution in [0.15, 0.2) is 150 Å². The molecule has 2 unspecified atom stereocenters. The van der Waals surface area contributed by atoms with Crippen LogP contribution in [-0.4, -0.2) is 14.8 Å². The molecule has 7 aromatic rings. The molecule has 0 saturated heterocycles. The first-order valence-corrected chi connectivity index (χ1v) is 18.8. The SMILES string of the molecule is CC(N=C(/C=C(\N)C1CC=C(n2c3ccccc3c3ccc4c5ccccc5n(C5=CC=CCC5)c4c32)CC1)c1ccc(C#N)cc1)c1ccc(F)cc1. The second-order valence-electron chi connectivity index (χ2n) is 14.4. The number of para-hydroxylation sites is 2. The average Bonchev–Trinajstić information content (AvgIpc) is 3.74. The first kappa shape index (κ1) is 33.4. The summed E-state index contributed by atoms with van der Waals surface area (Å²) in [7, 11) is 0. The zero-order valence-electron chi connectivity index (χ0n) is 30.2. The van der Waals surface area contributed by atoms with E-state index in [4.69, 9.17) is 10.7 Å². The molecule has 5 aromatic carbocycles. The monoisotopic (exact) mass is 705 g/mol. The highest BCUT2D eigenvalue weighted by Gasteiger charge is 2.25. The molecule has 2 aromatic heterocycles. The number of hydrogen-bond donors (Lipinski definition) is 1. The highest BCUT2D eigenvalue weighted by molar-refractivity contribution is 6.24. The summed E-state index contributed by atoms with van der Waals surface area (Å²) in [6.45, 7) is 2.00. The lowest BCUT2D eigenvalue weighted by Crippen LogP contribution is -2.18. The van der Waals surface area contributed by atoms with Crippen LogP contribution in [0.3, 0.4) is 0 Å². The topological polar surface area (TPSA) is 72.0 Å². The highest BCUT2D eigenvalue weighted by atomic mass is 19.1. The summed E-state index contributed by atoms with van der Waals surface area (Å²) in [4.78, 5) is 5.08. The Morgan fingerprint density at radius 3 is 2.06 bits per heavy atom. The fourth-order valence-electron chi connectivity index (χ4n) is 8.41. The maximum Gasteiger partial charge on any atom is 0.123 e. The van der Waals surface area contributed by atoms with Crippen molar-refractivity contribution in [1.29, 1.82) is 5.26 Å². The summed E-state index contributed by atoms with van der Waals surface area (Å²) in [5.41, 5.74) is 18.4. The van der Waals surface area contributed by atoms with Crippen LogP contribution in [0.4, 0.5) is 4.39 Å². The van der Waals surface area contributed by atoms with Gasteiger partial charge in [0.25, 0.3) is 0 Å². The van der Waals surface area contributed by atoms with E-state index in [9.17, 15) is 9.65 Å². The lowest BCUT2D eigenvalue weighted by molar-refractivity contribution is 0.548. The molecule has 0 amide bonds. The molecular weight excluding hydrogens is 666 g/mol. The molecule has 6 heteroatoms. The minimum atomic E-state index is -0.275. The van der Waals surface area contributed by atoms with Crippen LogP contribution in [0.25, 0.3) is 55.0 Å². The Kier molecular flexibility index (Phi) is 8.56. The van der Waals surface area contributed by atoms with Gasteiger partial charge >= 0.3 is 0 Å². The Bertz CT molecular complexity index is 2780. The van der Waals surface area contributed by atoms with Gasteiger partial charge in [0.15, 0.2) is 0 Å². The second kappa shape index (κ2) is 13.8. The van der Waals surface area contributed by atoms with Crippen molar-refractivity contribution < 1.29 is 4.39 Å². The van der Waals surface area contributed by atoms with Crippen LogP contribution >= 0.6 is 0 Å². The number of nitriles is 1. The summed E-state index contributed by atoms with van der Waals surface area (Å²) < 4.78 is 18.7. The molecule has 2 atom stereocenters. The van der Waals surface area contributed by atoms with E-state index in [1.54, 1.807) is 24.3 Å². The number of nitrogens with two attached hydrogens (primary N) is 1. The second-order valence-corrected chi connectivity index (χ2v) is 14.4. The smallest absolute Gasteiger partial charge is 0.123 e. The molecule has 0 spiro atoms. The standard InChI is InChI=1S/C48H40FN5/c1-31(33-19-23-36(49)24-20-33)52-44(35-17-15-32(30-50)16-18-35)29-43(51)34-21-25-38(26-22-34)54-46-14-8-6-12-40(46)42-28-27-41-39-11-5-7-13-45(39)53(47(41)48(42)54)37-9-3-2-4-10-37/h2-3,5-9,11-20,23-25,27-29,31,34H,4,10,21-22,26,51H2,1H3/b43-29-,52-44?. The van der Waals surface area contributed by atoms with Crippen LogP contribution in [0.5, 0.6) is 0 Å². The van der Waals surface area contributed by atoms with Gasteiger partial charge < -0.3 is 14.9 Å². The van der Waals surface area contributed by atoms with Gasteiger partial charge in [-0.05, 0) is 98.7 Å². The summed E-state index contributed by atoms with van der Waals surface area (Å²) in [6.07, 6.45) is 15.7. The van der Waals surface area contributed by atoms with Crippen molar-refractivity contribution in [3.8, 4) is 6.07 Å². The molecule has 5 nitrogen and oxygen atoms in total. The van der Waals surface area contributed by atoms with Crippen LogP contribution in [-0.2, 0) is 0 Å². The zero-order chi connectivity index (χ0) is 36.8. The quantitative estimate of drug-likeness (QED) is 0.168. The number of fused-ring (bicyclic) bond motifs is 7. The summed E-state index contributed by atoms with van der Waals surface area (Å²) in [5.74, 6) is -0.139. The first-order valence-electron chi connectivity index (χ1n) is 18.8. The predicted molar refractivity (Wildman–Crippen MR) is 221 cm³/mol. The number of hydrogen-bond acceptors (Lipinski definition) is 3. The lowest BCUT2D eigenvalue weighted by Gasteiger charge is -2.25. The lowest BCUT2D eigenvalue weighted by atomic mass is 9.88. The van der Waals surface area contributed by atoms with Gasteiger partial charge in [-0.2, -0.15) is 5.26 Å². The van der Waals surface area contributed by atoms with Crippen molar-refractivity contribution in [3.63, 3.8) is 0 Å². The number of halogens is 1. The molecule has 0 fully saturated rings. The third-order valence-corrected chi connectivity index (χ3v) is 11.2. The van der Waals surface area contributed by atoms with E-state index in [0.29, 0.717) is 5.56 Å². The van der Waals surface area contributed by atoms with E-state index in [1.165, 1.54) is 67.1 Å². The third-order valence-electron chi connectivity index (χ3n) is 11.2. The van der Waals surface area contributed by atoms with Crippen LogP contribution in [0.2, 0.25) is 0 Å². The van der Waals surface area contributed by atoms with Crippen molar-refractivity contribution in [2.24, 2.45) is 16.6 Å². The van der Waals surface area contributed by atoms with Gasteiger partial charge in [-0.25, -0.2) is 4.39 Å². The molecule has 2 aliphatic rings. The van der Waals surface area contributed by atoms with E-state index in [2.05, 4.69) is 100 Å². The Morgan fingerprint density at radius 1 is 0.815 bits per heavy atom. The van der Waals surface area contributed by atoms with Gasteiger partial charge in [0.05, 0.1) is 45.5 Å². The molecule has 0 saturated carbocycles. The summed E-state index contributed by atoms with van der Waals surface area (Å²) in [5, 5.41) is 14.5. The zero-order valence-corrected chi connectivity index (χ0v) is 30.2. The minimum absolute atomic E-state index is 0.136. The third kappa shape index (κ3) is 5.83. The van der Waals surface area contributed by atoms with E-state index < -0.39 is 0 Å². The van der Waals surface area contributed by atoms with Gasteiger partial charge in [0.2, 0.25) is 0 Å². The first-order chi connectivity index (χ1) is 26.5. The van der Waals surface area contributed by atoms with Crippen molar-refractivity contribution in [2.75, 3.05) is 0 Å². The maximum absolute atomic E-state index is 13.7. The normalized spacial score (nSPS) is 17.2. The Morgan fingerprint density at radius 2 is 1.46 bits per heavy atom. The van der Waals surface area contributed by atoms with E-state index in [1.807, 2.05) is 25.1 Å². The molecule has 2 heterocycles. The predicted octanol–water partition coefficient (Wildman–Crippen LogP) is 11.8. The van der Waals surface area contributed by atoms with E-state index >= 15 is 0 Å². The van der Waals surface area contributed by atoms with Crippen LogP contribution < -0.4 is 5.73 Å². The minimum Gasteiger partial charge on any atom is -0.402 e. The molecule has 2 aliphatic carbocycles. The number of allylic oxidation sites excluding steroid dienone is 8. The number of aliphatic imine (C=N–C) groups is 1. The molecule has 0 radical (unpaired) electrons. The van der Waals surface area contributed by atoms with E-state index in [0.717, 1.165) is 54.6 Å². The van der Waals surface area contributed by atoms with Crippen molar-refractivity contribution in [1.82, 2.24) is 9.13 Å². The molecule has 264 valence electrons. The van der Waals surface area contributed by atoms with Crippen LogP contribution in [0.1, 0.15) is 61.8 Å². The maximum atomic E-state index is 13.7. The number of benzene rings is 5. The molecule has 0 bridgehead atoms. The summed E-state index contributed by atoms with van der Waals surface area (Å²) in [6, 6.07) is 38.1. The van der Waals surface area contributed by atoms with Gasteiger partial charge in [-0.1, -0.05) is 91.0 Å². The van der Waals surface area contributed by atoms with Gasteiger partial charge in [0, 0.05) is 44.6 Å². The van der Waals surface area contributed by atoms with Crippen LogP contribution in [0, 0.1) is 23.1 Å². The number of rotatable bonds is 7. The van der Waals surface area contributed by atoms with E-state index in [-0.39, 0.29) is 17.8 Å². The number of aromatic nitrogens is 2. The average molecular weight is 706 g/mol. The molecule has 2 N–H and O–H groups in total. The largest absolute Gasteiger partial charge is 0.402 e. The number of nitrogens with zero attached hydrogens (tertiary/aromatic N) is 4. The van der Waals surface area contributed by atoms with Crippen molar-refractivity contribution in [3.05, 3.63) is 168 Å². The fraction of sp³-hybridized carbons (Fsp3) is 0.167. The van der Waals surface area contributed by atoms with Gasteiger partial charge in [-0.15, -0.1) is 0 Å².